The Morgan fingerprint density at radius 2 is 1.61 bits per heavy atom. The second-order valence-electron chi connectivity index (χ2n) is 7.43. The van der Waals surface area contributed by atoms with Crippen LogP contribution in [-0.4, -0.2) is 62.0 Å². The summed E-state index contributed by atoms with van der Waals surface area (Å²) >= 11 is 0. The van der Waals surface area contributed by atoms with Crippen molar-refractivity contribution >= 4 is 17.9 Å². The fourth-order valence-corrected chi connectivity index (χ4v) is 3.95. The maximum atomic E-state index is 12.6. The van der Waals surface area contributed by atoms with E-state index in [4.69, 9.17) is 9.47 Å². The summed E-state index contributed by atoms with van der Waals surface area (Å²) in [6.45, 7) is 3.07. The van der Waals surface area contributed by atoms with Gasteiger partial charge < -0.3 is 19.3 Å². The quantitative estimate of drug-likeness (QED) is 0.730. The predicted octanol–water partition coefficient (Wildman–Crippen LogP) is 2.97. The average Bonchev–Trinajstić information content (AvgIpc) is 2.77. The third-order valence-corrected chi connectivity index (χ3v) is 5.65. The highest BCUT2D eigenvalue weighted by molar-refractivity contribution is 5.92. The van der Waals surface area contributed by atoms with Crippen LogP contribution in [0.5, 0.6) is 11.5 Å². The summed E-state index contributed by atoms with van der Waals surface area (Å²) in [7, 11) is 3.18. The van der Waals surface area contributed by atoms with E-state index in [1.807, 2.05) is 28.0 Å². The number of hydrogen-bond donors (Lipinski definition) is 0. The number of carbonyl (C=O) groups is 2. The Bertz CT molecular complexity index is 717. The molecule has 0 N–H and O–H groups in total. The molecule has 1 aromatic carbocycles. The zero-order valence-electron chi connectivity index (χ0n) is 16.9. The van der Waals surface area contributed by atoms with Crippen LogP contribution < -0.4 is 9.47 Å². The number of methoxy groups -OCH3 is 2. The lowest BCUT2D eigenvalue weighted by Gasteiger charge is -2.35. The first-order valence-corrected chi connectivity index (χ1v) is 10.1. The van der Waals surface area contributed by atoms with Gasteiger partial charge in [0.1, 0.15) is 0 Å². The molecule has 1 aromatic rings. The molecule has 28 heavy (non-hydrogen) atoms. The van der Waals surface area contributed by atoms with E-state index in [1.54, 1.807) is 26.4 Å². The summed E-state index contributed by atoms with van der Waals surface area (Å²) in [4.78, 5) is 29.0. The maximum Gasteiger partial charge on any atom is 0.246 e. The summed E-state index contributed by atoms with van der Waals surface area (Å²) in [5.74, 6) is 1.63. The standard InChI is InChI=1S/C22H30N2O4/c1-27-19-8-6-17(16-20(19)28-2)7-9-21(25)23-14-10-18(11-15-23)22(26)24-12-4-3-5-13-24/h6-9,16,18H,3-5,10-15H2,1-2H3. The van der Waals surface area contributed by atoms with Crippen molar-refractivity contribution in [1.29, 1.82) is 0 Å². The van der Waals surface area contributed by atoms with Gasteiger partial charge in [0.2, 0.25) is 11.8 Å². The van der Waals surface area contributed by atoms with E-state index in [-0.39, 0.29) is 17.7 Å². The molecule has 0 bridgehead atoms. The molecule has 2 aliphatic heterocycles. The Hall–Kier alpha value is -2.50. The van der Waals surface area contributed by atoms with Crippen molar-refractivity contribution in [3.05, 3.63) is 29.8 Å². The molecule has 6 nitrogen and oxygen atoms in total. The first-order valence-electron chi connectivity index (χ1n) is 10.1. The van der Waals surface area contributed by atoms with E-state index < -0.39 is 0 Å². The van der Waals surface area contributed by atoms with Crippen LogP contribution in [0, 0.1) is 5.92 Å². The van der Waals surface area contributed by atoms with Gasteiger partial charge in [-0.1, -0.05) is 6.07 Å². The molecule has 0 aromatic heterocycles. The molecule has 2 saturated heterocycles. The number of carbonyl (C=O) groups excluding carboxylic acids is 2. The van der Waals surface area contributed by atoms with Gasteiger partial charge in [0.25, 0.3) is 0 Å². The van der Waals surface area contributed by atoms with Gasteiger partial charge in [0.15, 0.2) is 11.5 Å². The Balaban J connectivity index is 1.52. The lowest BCUT2D eigenvalue weighted by molar-refractivity contribution is -0.140. The summed E-state index contributed by atoms with van der Waals surface area (Å²) in [6.07, 6.45) is 8.34. The van der Waals surface area contributed by atoms with Crippen LogP contribution in [0.4, 0.5) is 0 Å². The highest BCUT2D eigenvalue weighted by Crippen LogP contribution is 2.28. The Kier molecular flexibility index (Phi) is 6.95. The molecule has 152 valence electrons. The SMILES string of the molecule is COc1ccc(C=CC(=O)N2CCC(C(=O)N3CCCCC3)CC2)cc1OC. The van der Waals surface area contributed by atoms with Crippen LogP contribution in [-0.2, 0) is 9.59 Å². The van der Waals surface area contributed by atoms with Gasteiger partial charge in [-0.15, -0.1) is 0 Å². The molecule has 0 radical (unpaired) electrons. The smallest absolute Gasteiger partial charge is 0.246 e. The molecule has 0 atom stereocenters. The molecular formula is C22H30N2O4. The summed E-state index contributed by atoms with van der Waals surface area (Å²) in [6, 6.07) is 5.54. The van der Waals surface area contributed by atoms with Crippen molar-refractivity contribution in [3.8, 4) is 11.5 Å². The lowest BCUT2D eigenvalue weighted by Crippen LogP contribution is -2.45. The Morgan fingerprint density at radius 3 is 2.25 bits per heavy atom. The second kappa shape index (κ2) is 9.62. The van der Waals surface area contributed by atoms with Crippen LogP contribution in [0.25, 0.3) is 6.08 Å². The molecule has 0 aliphatic carbocycles. The van der Waals surface area contributed by atoms with Crippen LogP contribution in [0.1, 0.15) is 37.7 Å². The summed E-state index contributed by atoms with van der Waals surface area (Å²) < 4.78 is 10.5. The molecule has 2 aliphatic rings. The number of piperidine rings is 2. The minimum atomic E-state index is -0.0151. The number of hydrogen-bond acceptors (Lipinski definition) is 4. The Labute approximate surface area is 167 Å². The fourth-order valence-electron chi connectivity index (χ4n) is 3.95. The van der Waals surface area contributed by atoms with Gasteiger partial charge in [-0.3, -0.25) is 9.59 Å². The maximum absolute atomic E-state index is 12.6. The van der Waals surface area contributed by atoms with Gasteiger partial charge in [-0.2, -0.15) is 0 Å². The molecule has 0 spiro atoms. The number of benzene rings is 1. The molecule has 6 heteroatoms. The monoisotopic (exact) mass is 386 g/mol. The average molecular weight is 386 g/mol. The normalized spacial score (nSPS) is 18.4. The van der Waals surface area contributed by atoms with E-state index in [9.17, 15) is 9.59 Å². The highest BCUT2D eigenvalue weighted by Gasteiger charge is 2.30. The van der Waals surface area contributed by atoms with Gasteiger partial charge in [-0.05, 0) is 55.9 Å². The van der Waals surface area contributed by atoms with E-state index in [1.165, 1.54) is 6.42 Å². The first-order chi connectivity index (χ1) is 13.6. The van der Waals surface area contributed by atoms with E-state index >= 15 is 0 Å². The lowest BCUT2D eigenvalue weighted by atomic mass is 9.94. The third-order valence-electron chi connectivity index (χ3n) is 5.65. The van der Waals surface area contributed by atoms with Gasteiger partial charge in [0.05, 0.1) is 14.2 Å². The third kappa shape index (κ3) is 4.86. The van der Waals surface area contributed by atoms with Crippen LogP contribution in [0.15, 0.2) is 24.3 Å². The summed E-state index contributed by atoms with van der Waals surface area (Å²) in [5.41, 5.74) is 0.876. The number of nitrogens with zero attached hydrogens (tertiary/aromatic N) is 2. The van der Waals surface area contributed by atoms with E-state index in [2.05, 4.69) is 0 Å². The largest absolute Gasteiger partial charge is 0.493 e. The van der Waals surface area contributed by atoms with Crippen molar-refractivity contribution < 1.29 is 19.1 Å². The van der Waals surface area contributed by atoms with Crippen LogP contribution >= 0.6 is 0 Å². The van der Waals surface area contributed by atoms with Crippen molar-refractivity contribution in [1.82, 2.24) is 9.80 Å². The number of ether oxygens (including phenoxy) is 2. The molecule has 0 saturated carbocycles. The molecular weight excluding hydrogens is 356 g/mol. The van der Waals surface area contributed by atoms with Gasteiger partial charge in [0, 0.05) is 38.2 Å². The topological polar surface area (TPSA) is 59.1 Å². The second-order valence-corrected chi connectivity index (χ2v) is 7.43. The van der Waals surface area contributed by atoms with Gasteiger partial charge in [-0.25, -0.2) is 0 Å². The number of amides is 2. The van der Waals surface area contributed by atoms with Crippen molar-refractivity contribution in [3.63, 3.8) is 0 Å². The van der Waals surface area contributed by atoms with Crippen molar-refractivity contribution in [2.24, 2.45) is 5.92 Å². The predicted molar refractivity (Wildman–Crippen MR) is 108 cm³/mol. The van der Waals surface area contributed by atoms with Gasteiger partial charge >= 0.3 is 0 Å². The summed E-state index contributed by atoms with van der Waals surface area (Å²) in [5, 5.41) is 0. The van der Waals surface area contributed by atoms with Crippen LogP contribution in [0.2, 0.25) is 0 Å². The van der Waals surface area contributed by atoms with Crippen LogP contribution in [0.3, 0.4) is 0 Å². The molecule has 2 fully saturated rings. The van der Waals surface area contributed by atoms with E-state index in [0.717, 1.165) is 44.3 Å². The fraction of sp³-hybridized carbons (Fsp3) is 0.545. The number of rotatable bonds is 5. The minimum absolute atomic E-state index is 0.0151. The molecule has 2 heterocycles. The first kappa shape index (κ1) is 20.2. The zero-order valence-corrected chi connectivity index (χ0v) is 16.9. The van der Waals surface area contributed by atoms with Crippen molar-refractivity contribution in [2.45, 2.75) is 32.1 Å². The number of likely N-dealkylation sites (tertiary alicyclic amines) is 2. The molecule has 3 rings (SSSR count). The zero-order chi connectivity index (χ0) is 19.9. The van der Waals surface area contributed by atoms with Crippen molar-refractivity contribution in [2.75, 3.05) is 40.4 Å². The molecule has 0 unspecified atom stereocenters. The minimum Gasteiger partial charge on any atom is -0.493 e. The molecule has 2 amide bonds. The Morgan fingerprint density at radius 1 is 0.929 bits per heavy atom. The van der Waals surface area contributed by atoms with E-state index in [0.29, 0.717) is 24.6 Å². The highest BCUT2D eigenvalue weighted by atomic mass is 16.5.